The number of methoxy groups -OCH3 is 1. The second-order valence-electron chi connectivity index (χ2n) is 4.31. The van der Waals surface area contributed by atoms with Crippen LogP contribution in [0.1, 0.15) is 11.3 Å². The van der Waals surface area contributed by atoms with Crippen molar-refractivity contribution in [3.63, 3.8) is 0 Å². The summed E-state index contributed by atoms with van der Waals surface area (Å²) in [6.07, 6.45) is 0. The zero-order valence-corrected chi connectivity index (χ0v) is 11.6. The maximum Gasteiger partial charge on any atom is 0.290 e. The molecule has 2 rings (SSSR count). The molecule has 1 aromatic carbocycles. The fourth-order valence-electron chi connectivity index (χ4n) is 1.97. The standard InChI is InChI=1S/C13H16ClN3O2/c1-16-11(8-19-2)12(15)13(18)17(16)7-9-3-5-10(14)6-4-9/h3-6H,7-8,15H2,1-2H3. The molecule has 2 N–H and O–H groups in total. The number of nitrogens with two attached hydrogens (primary N) is 1. The van der Waals surface area contributed by atoms with Gasteiger partial charge in [0.15, 0.2) is 0 Å². The summed E-state index contributed by atoms with van der Waals surface area (Å²) in [5, 5.41) is 0.669. The molecular formula is C13H16ClN3O2. The van der Waals surface area contributed by atoms with Crippen LogP contribution in [-0.2, 0) is 24.9 Å². The van der Waals surface area contributed by atoms with Crippen molar-refractivity contribution < 1.29 is 4.74 Å². The number of nitrogen functional groups attached to an aromatic ring is 1. The largest absolute Gasteiger partial charge is 0.393 e. The maximum absolute atomic E-state index is 12.1. The summed E-state index contributed by atoms with van der Waals surface area (Å²) in [6, 6.07) is 7.36. The van der Waals surface area contributed by atoms with Gasteiger partial charge in [-0.2, -0.15) is 0 Å². The molecule has 0 unspecified atom stereocenters. The SMILES string of the molecule is COCc1c(N)c(=O)n(Cc2ccc(Cl)cc2)n1C. The van der Waals surface area contributed by atoms with Crippen molar-refractivity contribution >= 4 is 17.3 Å². The Labute approximate surface area is 116 Å². The van der Waals surface area contributed by atoms with Crippen LogP contribution in [0.15, 0.2) is 29.1 Å². The molecular weight excluding hydrogens is 266 g/mol. The summed E-state index contributed by atoms with van der Waals surface area (Å²) in [4.78, 5) is 12.1. The third-order valence-electron chi connectivity index (χ3n) is 3.06. The van der Waals surface area contributed by atoms with Crippen molar-refractivity contribution in [1.82, 2.24) is 9.36 Å². The molecule has 1 aromatic heterocycles. The van der Waals surface area contributed by atoms with Crippen LogP contribution in [0.3, 0.4) is 0 Å². The molecule has 2 aromatic rings. The van der Waals surface area contributed by atoms with E-state index < -0.39 is 0 Å². The van der Waals surface area contributed by atoms with Gasteiger partial charge in [-0.05, 0) is 17.7 Å². The van der Waals surface area contributed by atoms with Crippen LogP contribution < -0.4 is 11.3 Å². The molecule has 0 atom stereocenters. The van der Waals surface area contributed by atoms with Crippen molar-refractivity contribution in [3.8, 4) is 0 Å². The fraction of sp³-hybridized carbons (Fsp3) is 0.308. The van der Waals surface area contributed by atoms with Gasteiger partial charge in [0.25, 0.3) is 5.56 Å². The first-order valence-corrected chi connectivity index (χ1v) is 6.20. The number of ether oxygens (including phenoxy) is 1. The van der Waals surface area contributed by atoms with Crippen LogP contribution in [0.25, 0.3) is 0 Å². The van der Waals surface area contributed by atoms with E-state index in [9.17, 15) is 4.79 Å². The smallest absolute Gasteiger partial charge is 0.290 e. The Morgan fingerprint density at radius 2 is 1.95 bits per heavy atom. The average molecular weight is 282 g/mol. The van der Waals surface area contributed by atoms with Gasteiger partial charge in [0, 0.05) is 19.2 Å². The van der Waals surface area contributed by atoms with E-state index in [2.05, 4.69) is 0 Å². The predicted octanol–water partition coefficient (Wildman–Crippen LogP) is 1.62. The van der Waals surface area contributed by atoms with Gasteiger partial charge in [0.1, 0.15) is 5.69 Å². The highest BCUT2D eigenvalue weighted by atomic mass is 35.5. The molecule has 102 valence electrons. The fourth-order valence-corrected chi connectivity index (χ4v) is 2.09. The number of halogens is 1. The molecule has 0 bridgehead atoms. The van der Waals surface area contributed by atoms with E-state index in [4.69, 9.17) is 22.1 Å². The number of nitrogens with zero attached hydrogens (tertiary/aromatic N) is 2. The highest BCUT2D eigenvalue weighted by molar-refractivity contribution is 6.30. The first kappa shape index (κ1) is 13.7. The Morgan fingerprint density at radius 1 is 1.32 bits per heavy atom. The summed E-state index contributed by atoms with van der Waals surface area (Å²) >= 11 is 5.84. The lowest BCUT2D eigenvalue weighted by Crippen LogP contribution is -2.23. The Bertz CT molecular complexity index is 629. The summed E-state index contributed by atoms with van der Waals surface area (Å²) in [7, 11) is 3.36. The van der Waals surface area contributed by atoms with Crippen molar-refractivity contribution in [2.24, 2.45) is 7.05 Å². The monoisotopic (exact) mass is 281 g/mol. The Hall–Kier alpha value is -1.72. The molecule has 0 aliphatic carbocycles. The van der Waals surface area contributed by atoms with Crippen molar-refractivity contribution in [2.45, 2.75) is 13.2 Å². The lowest BCUT2D eigenvalue weighted by molar-refractivity contribution is 0.177. The highest BCUT2D eigenvalue weighted by Crippen LogP contribution is 2.12. The quantitative estimate of drug-likeness (QED) is 0.926. The van der Waals surface area contributed by atoms with Gasteiger partial charge in [-0.15, -0.1) is 0 Å². The van der Waals surface area contributed by atoms with Crippen LogP contribution in [-0.4, -0.2) is 16.5 Å². The van der Waals surface area contributed by atoms with Gasteiger partial charge in [0.2, 0.25) is 0 Å². The molecule has 5 nitrogen and oxygen atoms in total. The Balaban J connectivity index is 2.38. The minimum Gasteiger partial charge on any atom is -0.393 e. The van der Waals surface area contributed by atoms with Gasteiger partial charge in [-0.1, -0.05) is 23.7 Å². The zero-order chi connectivity index (χ0) is 14.0. The van der Waals surface area contributed by atoms with Crippen molar-refractivity contribution in [2.75, 3.05) is 12.8 Å². The minimum atomic E-state index is -0.204. The first-order valence-electron chi connectivity index (χ1n) is 5.82. The Morgan fingerprint density at radius 3 is 2.53 bits per heavy atom. The molecule has 0 spiro atoms. The lowest BCUT2D eigenvalue weighted by atomic mass is 10.2. The van der Waals surface area contributed by atoms with Gasteiger partial charge >= 0.3 is 0 Å². The summed E-state index contributed by atoms with van der Waals surface area (Å²) < 4.78 is 8.36. The number of anilines is 1. The van der Waals surface area contributed by atoms with Crippen molar-refractivity contribution in [3.05, 3.63) is 50.9 Å². The van der Waals surface area contributed by atoms with E-state index in [1.807, 2.05) is 12.1 Å². The maximum atomic E-state index is 12.1. The third-order valence-corrected chi connectivity index (χ3v) is 3.31. The minimum absolute atomic E-state index is 0.204. The second-order valence-corrected chi connectivity index (χ2v) is 4.74. The van der Waals surface area contributed by atoms with E-state index in [0.29, 0.717) is 23.9 Å². The molecule has 0 radical (unpaired) electrons. The van der Waals surface area contributed by atoms with Crippen molar-refractivity contribution in [1.29, 1.82) is 0 Å². The van der Waals surface area contributed by atoms with Gasteiger partial charge < -0.3 is 10.5 Å². The molecule has 1 heterocycles. The number of aromatic nitrogens is 2. The number of hydrogen-bond donors (Lipinski definition) is 1. The second kappa shape index (κ2) is 5.50. The van der Waals surface area contributed by atoms with Crippen LogP contribution in [0, 0.1) is 0 Å². The highest BCUT2D eigenvalue weighted by Gasteiger charge is 2.15. The predicted molar refractivity (Wildman–Crippen MR) is 75.4 cm³/mol. The van der Waals surface area contributed by atoms with E-state index in [-0.39, 0.29) is 11.2 Å². The van der Waals surface area contributed by atoms with E-state index in [0.717, 1.165) is 5.56 Å². The van der Waals surface area contributed by atoms with Gasteiger partial charge in [-0.25, -0.2) is 4.68 Å². The molecule has 0 amide bonds. The molecule has 0 saturated heterocycles. The zero-order valence-electron chi connectivity index (χ0n) is 10.9. The van der Waals surface area contributed by atoms with Crippen LogP contribution in [0.5, 0.6) is 0 Å². The molecule has 0 aliphatic heterocycles. The third kappa shape index (κ3) is 2.67. The number of benzene rings is 1. The average Bonchev–Trinajstić information content (AvgIpc) is 2.59. The number of rotatable bonds is 4. The van der Waals surface area contributed by atoms with E-state index in [1.165, 1.54) is 0 Å². The molecule has 0 aliphatic rings. The van der Waals surface area contributed by atoms with Crippen LogP contribution in [0.4, 0.5) is 5.69 Å². The molecule has 6 heteroatoms. The number of hydrogen-bond acceptors (Lipinski definition) is 3. The normalized spacial score (nSPS) is 10.9. The van der Waals surface area contributed by atoms with Gasteiger partial charge in [0.05, 0.1) is 18.8 Å². The first-order chi connectivity index (χ1) is 9.04. The van der Waals surface area contributed by atoms with E-state index in [1.54, 1.807) is 35.7 Å². The Kier molecular flexibility index (Phi) is 3.97. The molecule has 0 fully saturated rings. The summed E-state index contributed by atoms with van der Waals surface area (Å²) in [6.45, 7) is 0.756. The summed E-state index contributed by atoms with van der Waals surface area (Å²) in [5.74, 6) is 0. The molecule has 0 saturated carbocycles. The topological polar surface area (TPSA) is 62.2 Å². The van der Waals surface area contributed by atoms with E-state index >= 15 is 0 Å². The van der Waals surface area contributed by atoms with Gasteiger partial charge in [-0.3, -0.25) is 9.48 Å². The van der Waals surface area contributed by atoms with Crippen LogP contribution >= 0.6 is 11.6 Å². The van der Waals surface area contributed by atoms with Crippen LogP contribution in [0.2, 0.25) is 5.02 Å². The lowest BCUT2D eigenvalue weighted by Gasteiger charge is -2.09. The summed E-state index contributed by atoms with van der Waals surface area (Å²) in [5.41, 5.74) is 7.51. The molecule has 19 heavy (non-hydrogen) atoms.